The van der Waals surface area contributed by atoms with Crippen molar-refractivity contribution in [3.8, 4) is 0 Å². The van der Waals surface area contributed by atoms with E-state index >= 15 is 0 Å². The maximum Gasteiger partial charge on any atom is 0.162 e. The Morgan fingerprint density at radius 3 is 2.29 bits per heavy atom. The molecule has 0 nitrogen and oxygen atoms in total. The summed E-state index contributed by atoms with van der Waals surface area (Å²) in [5, 5.41) is 2.08. The third-order valence-corrected chi connectivity index (χ3v) is 6.34. The van der Waals surface area contributed by atoms with Gasteiger partial charge in [-0.25, -0.2) is 8.78 Å². The molecule has 1 aliphatic rings. The predicted molar refractivity (Wildman–Crippen MR) is 117 cm³/mol. The molecule has 0 atom stereocenters. The first-order valence-corrected chi connectivity index (χ1v) is 11.2. The number of hydrogen-bond acceptors (Lipinski definition) is 0. The first kappa shape index (κ1) is 21.0. The van der Waals surface area contributed by atoms with Crippen LogP contribution in [0.1, 0.15) is 82.8 Å². The van der Waals surface area contributed by atoms with Crippen LogP contribution in [-0.2, 0) is 6.42 Å². The molecule has 0 aliphatic heterocycles. The predicted octanol–water partition coefficient (Wildman–Crippen LogP) is 8.79. The molecule has 0 N–H and O–H groups in total. The largest absolute Gasteiger partial charge is 0.208 e. The second kappa shape index (κ2) is 10.2. The molecule has 1 saturated carbocycles. The average Bonchev–Trinajstić information content (AvgIpc) is 2.73. The zero-order valence-electron chi connectivity index (χ0n) is 17.4. The minimum Gasteiger partial charge on any atom is -0.208 e. The molecular formula is C26H34F2. The number of hydrogen-bond donors (Lipinski definition) is 0. The molecule has 0 saturated heterocycles. The van der Waals surface area contributed by atoms with Crippen molar-refractivity contribution in [1.82, 2.24) is 0 Å². The minimum atomic E-state index is -0.659. The fourth-order valence-corrected chi connectivity index (χ4v) is 4.60. The fraction of sp³-hybridized carbons (Fsp3) is 0.538. The van der Waals surface area contributed by atoms with Crippen LogP contribution < -0.4 is 0 Å². The monoisotopic (exact) mass is 384 g/mol. The molecule has 28 heavy (non-hydrogen) atoms. The second-order valence-corrected chi connectivity index (χ2v) is 8.52. The van der Waals surface area contributed by atoms with Gasteiger partial charge in [-0.05, 0) is 66.8 Å². The van der Waals surface area contributed by atoms with Gasteiger partial charge in [0.15, 0.2) is 5.83 Å². The highest BCUT2D eigenvalue weighted by molar-refractivity contribution is 5.86. The van der Waals surface area contributed by atoms with Crippen molar-refractivity contribution in [3.63, 3.8) is 0 Å². The maximum absolute atomic E-state index is 14.9. The van der Waals surface area contributed by atoms with Crippen LogP contribution in [0.5, 0.6) is 0 Å². The van der Waals surface area contributed by atoms with Crippen LogP contribution in [0.4, 0.5) is 8.78 Å². The Labute approximate surface area is 169 Å². The Hall–Kier alpha value is -1.70. The summed E-state index contributed by atoms with van der Waals surface area (Å²) < 4.78 is 29.7. The molecule has 0 unspecified atom stereocenters. The lowest BCUT2D eigenvalue weighted by Crippen LogP contribution is -2.15. The van der Waals surface area contributed by atoms with E-state index in [1.54, 1.807) is 12.1 Å². The molecule has 2 aromatic rings. The highest BCUT2D eigenvalue weighted by atomic mass is 19.2. The van der Waals surface area contributed by atoms with Gasteiger partial charge in [-0.15, -0.1) is 0 Å². The number of unbranched alkanes of at least 4 members (excludes halogenated alkanes) is 2. The van der Waals surface area contributed by atoms with E-state index in [-0.39, 0.29) is 5.92 Å². The molecule has 0 aromatic heterocycles. The topological polar surface area (TPSA) is 0 Å². The van der Waals surface area contributed by atoms with Crippen molar-refractivity contribution in [2.24, 2.45) is 11.8 Å². The first-order valence-electron chi connectivity index (χ1n) is 11.2. The van der Waals surface area contributed by atoms with E-state index in [0.29, 0.717) is 11.5 Å². The molecule has 2 heteroatoms. The molecule has 0 spiro atoms. The van der Waals surface area contributed by atoms with Gasteiger partial charge in [0.1, 0.15) is 5.83 Å². The third-order valence-electron chi connectivity index (χ3n) is 6.34. The number of halogens is 2. The number of allylic oxidation sites excluding steroid dienone is 1. The van der Waals surface area contributed by atoms with E-state index in [2.05, 4.69) is 26.0 Å². The Bertz CT molecular complexity index is 797. The van der Waals surface area contributed by atoms with E-state index in [4.69, 9.17) is 0 Å². The fourth-order valence-electron chi connectivity index (χ4n) is 4.60. The Kier molecular flexibility index (Phi) is 7.65. The van der Waals surface area contributed by atoms with Crippen LogP contribution in [0.3, 0.4) is 0 Å². The van der Waals surface area contributed by atoms with Crippen molar-refractivity contribution in [3.05, 3.63) is 53.4 Å². The molecule has 152 valence electrons. The summed E-state index contributed by atoms with van der Waals surface area (Å²) in [6.45, 7) is 4.40. The zero-order chi connectivity index (χ0) is 19.9. The summed E-state index contributed by atoms with van der Waals surface area (Å²) in [6, 6.07) is 11.8. The molecule has 0 amide bonds. The van der Waals surface area contributed by atoms with Gasteiger partial charge in [0.05, 0.1) is 0 Å². The first-order chi connectivity index (χ1) is 13.6. The Morgan fingerprint density at radius 1 is 0.857 bits per heavy atom. The SMILES string of the molecule is CCCCCc1ccc2cc(C(F)=C(F)C3CCC(CCC)CC3)ccc2c1. The molecule has 0 heterocycles. The van der Waals surface area contributed by atoms with Gasteiger partial charge >= 0.3 is 0 Å². The van der Waals surface area contributed by atoms with E-state index in [1.807, 2.05) is 12.1 Å². The van der Waals surface area contributed by atoms with Gasteiger partial charge in [0.2, 0.25) is 0 Å². The molecule has 0 bridgehead atoms. The van der Waals surface area contributed by atoms with Gasteiger partial charge in [-0.3, -0.25) is 0 Å². The lowest BCUT2D eigenvalue weighted by Gasteiger charge is -2.27. The minimum absolute atomic E-state index is 0.246. The van der Waals surface area contributed by atoms with E-state index in [0.717, 1.165) is 42.9 Å². The molecule has 1 fully saturated rings. The summed E-state index contributed by atoms with van der Waals surface area (Å²) in [6.07, 6.45) is 10.7. The number of fused-ring (bicyclic) bond motifs is 1. The van der Waals surface area contributed by atoms with Gasteiger partial charge in [-0.1, -0.05) is 69.9 Å². The quantitative estimate of drug-likeness (QED) is 0.399. The van der Waals surface area contributed by atoms with Crippen LogP contribution in [-0.4, -0.2) is 0 Å². The maximum atomic E-state index is 14.9. The molecular weight excluding hydrogens is 350 g/mol. The highest BCUT2D eigenvalue weighted by Gasteiger charge is 2.26. The van der Waals surface area contributed by atoms with Crippen molar-refractivity contribution in [1.29, 1.82) is 0 Å². The number of rotatable bonds is 8. The number of benzene rings is 2. The zero-order valence-corrected chi connectivity index (χ0v) is 17.4. The summed E-state index contributed by atoms with van der Waals surface area (Å²) in [5.41, 5.74) is 1.69. The third kappa shape index (κ3) is 5.21. The van der Waals surface area contributed by atoms with Crippen LogP contribution in [0.15, 0.2) is 42.2 Å². The molecule has 0 radical (unpaired) electrons. The second-order valence-electron chi connectivity index (χ2n) is 8.52. The smallest absolute Gasteiger partial charge is 0.162 e. The van der Waals surface area contributed by atoms with Gasteiger partial charge < -0.3 is 0 Å². The summed E-state index contributed by atoms with van der Waals surface area (Å²) in [7, 11) is 0. The van der Waals surface area contributed by atoms with Gasteiger partial charge in [0.25, 0.3) is 0 Å². The normalized spacial score (nSPS) is 21.0. The average molecular weight is 385 g/mol. The van der Waals surface area contributed by atoms with Crippen molar-refractivity contribution in [2.45, 2.75) is 78.1 Å². The van der Waals surface area contributed by atoms with Crippen molar-refractivity contribution in [2.75, 3.05) is 0 Å². The summed E-state index contributed by atoms with van der Waals surface area (Å²) in [4.78, 5) is 0. The van der Waals surface area contributed by atoms with Gasteiger partial charge in [0, 0.05) is 11.5 Å². The molecule has 3 rings (SSSR count). The van der Waals surface area contributed by atoms with Crippen molar-refractivity contribution < 1.29 is 8.78 Å². The molecule has 2 aromatic carbocycles. The van der Waals surface area contributed by atoms with Crippen LogP contribution in [0, 0.1) is 11.8 Å². The lowest BCUT2D eigenvalue weighted by molar-refractivity contribution is 0.261. The number of aryl methyl sites for hydroxylation is 1. The Balaban J connectivity index is 1.73. The van der Waals surface area contributed by atoms with Crippen LogP contribution in [0.2, 0.25) is 0 Å². The van der Waals surface area contributed by atoms with Crippen LogP contribution in [0.25, 0.3) is 16.6 Å². The summed E-state index contributed by atoms with van der Waals surface area (Å²) in [5.74, 6) is -0.743. The molecule has 1 aliphatic carbocycles. The Morgan fingerprint density at radius 2 is 1.57 bits per heavy atom. The van der Waals surface area contributed by atoms with Gasteiger partial charge in [-0.2, -0.15) is 0 Å². The lowest BCUT2D eigenvalue weighted by atomic mass is 9.79. The standard InChI is InChI=1S/C26H34F2/c1-3-5-6-8-20-11-14-23-18-24(16-15-22(23)17-20)26(28)25(27)21-12-9-19(7-4-2)10-13-21/h11,14-19,21H,3-10,12-13H2,1-2H3. The van der Waals surface area contributed by atoms with E-state index < -0.39 is 11.7 Å². The summed E-state index contributed by atoms with van der Waals surface area (Å²) >= 11 is 0. The van der Waals surface area contributed by atoms with E-state index in [1.165, 1.54) is 37.7 Å². The highest BCUT2D eigenvalue weighted by Crippen LogP contribution is 2.39. The van der Waals surface area contributed by atoms with Crippen molar-refractivity contribution >= 4 is 16.6 Å². The van der Waals surface area contributed by atoms with Crippen LogP contribution >= 0.6 is 0 Å². The van der Waals surface area contributed by atoms with E-state index in [9.17, 15) is 8.78 Å².